The Morgan fingerprint density at radius 1 is 1.13 bits per heavy atom. The summed E-state index contributed by atoms with van der Waals surface area (Å²) in [4.78, 5) is 23.0. The highest BCUT2D eigenvalue weighted by molar-refractivity contribution is 9.10. The van der Waals surface area contributed by atoms with Crippen LogP contribution in [0.4, 0.5) is 11.4 Å². The molecule has 1 N–H and O–H groups in total. The molecule has 3 rings (SSSR count). The molecule has 0 fully saturated rings. The quantitative estimate of drug-likeness (QED) is 0.210. The van der Waals surface area contributed by atoms with E-state index in [4.69, 9.17) is 4.74 Å². The maximum absolute atomic E-state index is 12.5. The van der Waals surface area contributed by atoms with Gasteiger partial charge in [-0.2, -0.15) is 5.26 Å². The SMILES string of the molecule is N#C/C(=C/c1ccccc1OCc1cccc([N+](=O)[O-])c1)C(=O)Nc1cccc(Br)c1. The van der Waals surface area contributed by atoms with Gasteiger partial charge in [0.1, 0.15) is 24.0 Å². The highest BCUT2D eigenvalue weighted by Crippen LogP contribution is 2.24. The van der Waals surface area contributed by atoms with Gasteiger partial charge in [0.2, 0.25) is 0 Å². The molecule has 0 aliphatic heterocycles. The summed E-state index contributed by atoms with van der Waals surface area (Å²) in [6.07, 6.45) is 1.44. The Balaban J connectivity index is 1.78. The fourth-order valence-corrected chi connectivity index (χ4v) is 3.12. The number of nitro groups is 1. The largest absolute Gasteiger partial charge is 0.488 e. The first-order valence-corrected chi connectivity index (χ1v) is 9.89. The Kier molecular flexibility index (Phi) is 7.14. The number of nitrogens with zero attached hydrogens (tertiary/aromatic N) is 2. The molecule has 0 heterocycles. The van der Waals surface area contributed by atoms with Crippen LogP contribution in [0.2, 0.25) is 0 Å². The van der Waals surface area contributed by atoms with Crippen molar-refractivity contribution in [2.75, 3.05) is 5.32 Å². The molecule has 0 saturated heterocycles. The maximum Gasteiger partial charge on any atom is 0.269 e. The lowest BCUT2D eigenvalue weighted by molar-refractivity contribution is -0.384. The van der Waals surface area contributed by atoms with E-state index in [1.165, 1.54) is 18.2 Å². The van der Waals surface area contributed by atoms with Gasteiger partial charge in [0.25, 0.3) is 11.6 Å². The highest BCUT2D eigenvalue weighted by Gasteiger charge is 2.12. The minimum atomic E-state index is -0.547. The molecule has 0 aliphatic carbocycles. The van der Waals surface area contributed by atoms with Crippen molar-refractivity contribution in [2.24, 2.45) is 0 Å². The van der Waals surface area contributed by atoms with Gasteiger partial charge >= 0.3 is 0 Å². The van der Waals surface area contributed by atoms with Gasteiger partial charge in [-0.3, -0.25) is 14.9 Å². The first-order chi connectivity index (χ1) is 15.0. The number of anilines is 1. The maximum atomic E-state index is 12.5. The van der Waals surface area contributed by atoms with E-state index in [2.05, 4.69) is 21.2 Å². The third-order valence-corrected chi connectivity index (χ3v) is 4.68. The number of halogens is 1. The highest BCUT2D eigenvalue weighted by atomic mass is 79.9. The van der Waals surface area contributed by atoms with Gasteiger partial charge in [-0.1, -0.05) is 52.3 Å². The van der Waals surface area contributed by atoms with Crippen LogP contribution in [0.15, 0.2) is 82.8 Å². The van der Waals surface area contributed by atoms with Crippen molar-refractivity contribution in [1.82, 2.24) is 0 Å². The van der Waals surface area contributed by atoms with Gasteiger partial charge in [-0.25, -0.2) is 0 Å². The number of nitro benzene ring substituents is 1. The molecule has 3 aromatic carbocycles. The van der Waals surface area contributed by atoms with E-state index in [0.717, 1.165) is 4.47 Å². The molecule has 0 saturated carbocycles. The summed E-state index contributed by atoms with van der Waals surface area (Å²) in [7, 11) is 0. The summed E-state index contributed by atoms with van der Waals surface area (Å²) in [5, 5.41) is 23.1. The topological polar surface area (TPSA) is 105 Å². The van der Waals surface area contributed by atoms with Crippen LogP contribution in [-0.4, -0.2) is 10.8 Å². The van der Waals surface area contributed by atoms with E-state index in [1.807, 2.05) is 12.1 Å². The first kappa shape index (κ1) is 21.7. The summed E-state index contributed by atoms with van der Waals surface area (Å²) in [5.74, 6) is -0.105. The number of nitriles is 1. The Bertz CT molecular complexity index is 1200. The molecule has 7 nitrogen and oxygen atoms in total. The number of non-ortho nitro benzene ring substituents is 1. The number of rotatable bonds is 7. The first-order valence-electron chi connectivity index (χ1n) is 9.10. The van der Waals surface area contributed by atoms with Crippen LogP contribution in [0.3, 0.4) is 0 Å². The molecule has 0 atom stereocenters. The number of amides is 1. The Morgan fingerprint density at radius 3 is 2.65 bits per heavy atom. The summed E-state index contributed by atoms with van der Waals surface area (Å²) in [5.41, 5.74) is 1.60. The van der Waals surface area contributed by atoms with Crippen LogP contribution < -0.4 is 10.1 Å². The average molecular weight is 478 g/mol. The number of hydrogen-bond acceptors (Lipinski definition) is 5. The molecule has 0 aromatic heterocycles. The molecule has 0 spiro atoms. The van der Waals surface area contributed by atoms with Crippen molar-refractivity contribution in [2.45, 2.75) is 6.61 Å². The normalized spacial score (nSPS) is 10.8. The second-order valence-corrected chi connectivity index (χ2v) is 7.30. The van der Waals surface area contributed by atoms with E-state index in [9.17, 15) is 20.2 Å². The number of benzene rings is 3. The van der Waals surface area contributed by atoms with Crippen molar-refractivity contribution in [3.63, 3.8) is 0 Å². The summed E-state index contributed by atoms with van der Waals surface area (Å²) >= 11 is 3.33. The zero-order valence-corrected chi connectivity index (χ0v) is 17.7. The van der Waals surface area contributed by atoms with Gasteiger partial charge in [0.05, 0.1) is 4.92 Å². The van der Waals surface area contributed by atoms with Crippen LogP contribution >= 0.6 is 15.9 Å². The molecule has 154 valence electrons. The molecule has 0 radical (unpaired) electrons. The molecule has 0 aliphatic rings. The van der Waals surface area contributed by atoms with Crippen LogP contribution in [0.25, 0.3) is 6.08 Å². The number of hydrogen-bond donors (Lipinski definition) is 1. The molecular weight excluding hydrogens is 462 g/mol. The zero-order chi connectivity index (χ0) is 22.2. The van der Waals surface area contributed by atoms with Gasteiger partial charge < -0.3 is 10.1 Å². The predicted octanol–water partition coefficient (Wildman–Crippen LogP) is 5.48. The molecule has 3 aromatic rings. The van der Waals surface area contributed by atoms with Gasteiger partial charge in [0.15, 0.2) is 0 Å². The molecule has 0 unspecified atom stereocenters. The predicted molar refractivity (Wildman–Crippen MR) is 120 cm³/mol. The van der Waals surface area contributed by atoms with E-state index in [1.54, 1.807) is 54.6 Å². The lowest BCUT2D eigenvalue weighted by Crippen LogP contribution is -2.13. The third-order valence-electron chi connectivity index (χ3n) is 4.18. The van der Waals surface area contributed by atoms with Crippen molar-refractivity contribution >= 4 is 39.3 Å². The van der Waals surface area contributed by atoms with Crippen molar-refractivity contribution in [3.8, 4) is 11.8 Å². The van der Waals surface area contributed by atoms with Crippen molar-refractivity contribution in [1.29, 1.82) is 5.26 Å². The smallest absolute Gasteiger partial charge is 0.269 e. The summed E-state index contributed by atoms with van der Waals surface area (Å²) in [6.45, 7) is 0.0959. The van der Waals surface area contributed by atoms with Gasteiger partial charge in [0, 0.05) is 27.9 Å². The molecule has 31 heavy (non-hydrogen) atoms. The number of nitrogens with one attached hydrogen (secondary N) is 1. The number of para-hydroxylation sites is 1. The molecule has 8 heteroatoms. The van der Waals surface area contributed by atoms with Crippen molar-refractivity contribution < 1.29 is 14.5 Å². The minimum Gasteiger partial charge on any atom is -0.488 e. The number of ether oxygens (including phenoxy) is 1. The fraction of sp³-hybridized carbons (Fsp3) is 0.0435. The van der Waals surface area contributed by atoms with Gasteiger partial charge in [-0.05, 0) is 35.9 Å². The van der Waals surface area contributed by atoms with Crippen LogP contribution in [-0.2, 0) is 11.4 Å². The van der Waals surface area contributed by atoms with E-state index in [0.29, 0.717) is 22.6 Å². The minimum absolute atomic E-state index is 0.0229. The average Bonchev–Trinajstić information content (AvgIpc) is 2.76. The standard InChI is InChI=1S/C23H16BrN3O4/c24-19-7-4-8-20(13-19)26-23(28)18(14-25)12-17-6-1-2-10-22(17)31-15-16-5-3-9-21(11-16)27(29)30/h1-13H,15H2,(H,26,28)/b18-12-. The van der Waals surface area contributed by atoms with Crippen LogP contribution in [0, 0.1) is 21.4 Å². The Labute approximate surface area is 186 Å². The lowest BCUT2D eigenvalue weighted by atomic mass is 10.1. The monoisotopic (exact) mass is 477 g/mol. The molecule has 1 amide bonds. The molecular formula is C23H16BrN3O4. The fourth-order valence-electron chi connectivity index (χ4n) is 2.72. The zero-order valence-electron chi connectivity index (χ0n) is 16.1. The second kappa shape index (κ2) is 10.2. The third kappa shape index (κ3) is 6.01. The number of carbonyl (C=O) groups is 1. The van der Waals surface area contributed by atoms with E-state index in [-0.39, 0.29) is 17.9 Å². The van der Waals surface area contributed by atoms with E-state index < -0.39 is 10.8 Å². The lowest BCUT2D eigenvalue weighted by Gasteiger charge is -2.10. The van der Waals surface area contributed by atoms with Crippen molar-refractivity contribution in [3.05, 3.63) is 104 Å². The Hall–Kier alpha value is -3.96. The Morgan fingerprint density at radius 2 is 1.90 bits per heavy atom. The van der Waals surface area contributed by atoms with E-state index >= 15 is 0 Å². The summed E-state index contributed by atoms with van der Waals surface area (Å²) < 4.78 is 6.60. The summed E-state index contributed by atoms with van der Waals surface area (Å²) in [6, 6.07) is 22.0. The van der Waals surface area contributed by atoms with Crippen LogP contribution in [0.5, 0.6) is 5.75 Å². The van der Waals surface area contributed by atoms with Gasteiger partial charge in [-0.15, -0.1) is 0 Å². The van der Waals surface area contributed by atoms with Crippen LogP contribution in [0.1, 0.15) is 11.1 Å². The molecule has 0 bridgehead atoms. The second-order valence-electron chi connectivity index (χ2n) is 6.39. The number of carbonyl (C=O) groups excluding carboxylic acids is 1.